The van der Waals surface area contributed by atoms with Gasteiger partial charge in [0.15, 0.2) is 18.1 Å². The molecular formula is C17H17N3O4. The second-order valence-electron chi connectivity index (χ2n) is 4.88. The number of hydrogen-bond donors (Lipinski definition) is 1. The number of rotatable bonds is 6. The summed E-state index contributed by atoms with van der Waals surface area (Å²) in [5, 5.41) is 12.5. The van der Waals surface area contributed by atoms with Gasteiger partial charge in [0.05, 0.1) is 18.9 Å². The van der Waals surface area contributed by atoms with Gasteiger partial charge >= 0.3 is 0 Å². The molecule has 0 unspecified atom stereocenters. The molecular weight excluding hydrogens is 310 g/mol. The Hall–Kier alpha value is -3.27. The van der Waals surface area contributed by atoms with E-state index in [1.807, 2.05) is 6.07 Å². The van der Waals surface area contributed by atoms with Crippen molar-refractivity contribution in [3.8, 4) is 17.6 Å². The molecule has 24 heavy (non-hydrogen) atoms. The number of amides is 1. The van der Waals surface area contributed by atoms with E-state index in [9.17, 15) is 4.79 Å². The molecule has 0 saturated carbocycles. The van der Waals surface area contributed by atoms with Crippen molar-refractivity contribution in [2.24, 2.45) is 5.10 Å². The molecule has 7 heteroatoms. The van der Waals surface area contributed by atoms with Gasteiger partial charge in [-0.05, 0) is 43.7 Å². The Bertz CT molecular complexity index is 803. The smallest absolute Gasteiger partial charge is 0.274 e. The Morgan fingerprint density at radius 3 is 2.79 bits per heavy atom. The van der Waals surface area contributed by atoms with Crippen molar-refractivity contribution in [3.05, 3.63) is 46.9 Å². The molecule has 0 fully saturated rings. The molecule has 0 spiro atoms. The van der Waals surface area contributed by atoms with Crippen LogP contribution in [0.25, 0.3) is 0 Å². The Labute approximate surface area is 139 Å². The van der Waals surface area contributed by atoms with Crippen molar-refractivity contribution in [1.29, 1.82) is 5.26 Å². The Morgan fingerprint density at radius 1 is 1.38 bits per heavy atom. The van der Waals surface area contributed by atoms with Gasteiger partial charge in [-0.2, -0.15) is 10.4 Å². The summed E-state index contributed by atoms with van der Waals surface area (Å²) in [4.78, 5) is 12.0. The van der Waals surface area contributed by atoms with Crippen molar-refractivity contribution in [1.82, 2.24) is 5.43 Å². The van der Waals surface area contributed by atoms with Crippen molar-refractivity contribution in [2.45, 2.75) is 13.8 Å². The fourth-order valence-corrected chi connectivity index (χ4v) is 2.08. The highest BCUT2D eigenvalue weighted by molar-refractivity contribution is 5.95. The molecule has 0 aliphatic carbocycles. The van der Waals surface area contributed by atoms with Crippen LogP contribution in [0.3, 0.4) is 0 Å². The van der Waals surface area contributed by atoms with Gasteiger partial charge in [-0.25, -0.2) is 5.43 Å². The van der Waals surface area contributed by atoms with Crippen LogP contribution in [0, 0.1) is 25.2 Å². The maximum absolute atomic E-state index is 12.0. The van der Waals surface area contributed by atoms with Gasteiger partial charge in [-0.15, -0.1) is 0 Å². The van der Waals surface area contributed by atoms with Crippen molar-refractivity contribution < 1.29 is 18.7 Å². The van der Waals surface area contributed by atoms with Crippen molar-refractivity contribution in [3.63, 3.8) is 0 Å². The predicted molar refractivity (Wildman–Crippen MR) is 87.3 cm³/mol. The lowest BCUT2D eigenvalue weighted by Gasteiger charge is -2.08. The zero-order valence-electron chi connectivity index (χ0n) is 13.6. The van der Waals surface area contributed by atoms with Gasteiger partial charge in [0.25, 0.3) is 5.91 Å². The molecule has 0 atom stereocenters. The number of furan rings is 1. The van der Waals surface area contributed by atoms with Gasteiger partial charge in [0.1, 0.15) is 17.6 Å². The summed E-state index contributed by atoms with van der Waals surface area (Å²) >= 11 is 0. The van der Waals surface area contributed by atoms with Gasteiger partial charge in [0, 0.05) is 0 Å². The number of methoxy groups -OCH3 is 1. The van der Waals surface area contributed by atoms with Gasteiger partial charge in [0.2, 0.25) is 0 Å². The summed E-state index contributed by atoms with van der Waals surface area (Å²) < 4.78 is 15.7. The fourth-order valence-electron chi connectivity index (χ4n) is 2.08. The minimum Gasteiger partial charge on any atom is -0.493 e. The van der Waals surface area contributed by atoms with Crippen molar-refractivity contribution >= 4 is 12.1 Å². The number of aryl methyl sites for hydroxylation is 2. The molecule has 0 aliphatic heterocycles. The standard InChI is InChI=1S/C17H17N3O4/c1-11-8-14(12(2)24-11)17(21)20-19-10-13-4-5-15(23-7-6-18)16(9-13)22-3/h4-5,8-10H,7H2,1-3H3,(H,20,21)/b19-10-. The van der Waals surface area contributed by atoms with E-state index < -0.39 is 0 Å². The third kappa shape index (κ3) is 4.14. The number of nitriles is 1. The monoisotopic (exact) mass is 327 g/mol. The van der Waals surface area contributed by atoms with Crippen LogP contribution in [0.15, 0.2) is 33.8 Å². The molecule has 1 aromatic heterocycles. The maximum atomic E-state index is 12.0. The molecule has 0 radical (unpaired) electrons. The first-order valence-electron chi connectivity index (χ1n) is 7.13. The Balaban J connectivity index is 2.05. The van der Waals surface area contributed by atoms with Crippen LogP contribution >= 0.6 is 0 Å². The average Bonchev–Trinajstić information content (AvgIpc) is 2.91. The largest absolute Gasteiger partial charge is 0.493 e. The number of hydrazone groups is 1. The second kappa shape index (κ2) is 7.83. The third-order valence-corrected chi connectivity index (χ3v) is 3.15. The van der Waals surface area contributed by atoms with Gasteiger partial charge in [-0.3, -0.25) is 4.79 Å². The zero-order chi connectivity index (χ0) is 17.5. The van der Waals surface area contributed by atoms with Crippen LogP contribution in [-0.2, 0) is 0 Å². The molecule has 124 valence electrons. The van der Waals surface area contributed by atoms with Crippen LogP contribution in [0.1, 0.15) is 27.4 Å². The summed E-state index contributed by atoms with van der Waals surface area (Å²) in [5.41, 5.74) is 3.60. The van der Waals surface area contributed by atoms with Gasteiger partial charge in [-0.1, -0.05) is 0 Å². The fraction of sp³-hybridized carbons (Fsp3) is 0.235. The van der Waals surface area contributed by atoms with Crippen LogP contribution in [0.4, 0.5) is 0 Å². The SMILES string of the molecule is COc1cc(/C=N\NC(=O)c2cc(C)oc2C)ccc1OCC#N. The lowest BCUT2D eigenvalue weighted by Crippen LogP contribution is -2.17. The summed E-state index contributed by atoms with van der Waals surface area (Å²) in [6.07, 6.45) is 1.48. The van der Waals surface area contributed by atoms with E-state index in [-0.39, 0.29) is 12.5 Å². The molecule has 1 aromatic carbocycles. The van der Waals surface area contributed by atoms with E-state index in [2.05, 4.69) is 10.5 Å². The van der Waals surface area contributed by atoms with Crippen molar-refractivity contribution in [2.75, 3.05) is 13.7 Å². The molecule has 2 rings (SSSR count). The Kier molecular flexibility index (Phi) is 5.58. The van der Waals surface area contributed by atoms with E-state index in [4.69, 9.17) is 19.2 Å². The minimum absolute atomic E-state index is 0.0661. The van der Waals surface area contributed by atoms with E-state index in [1.54, 1.807) is 38.1 Å². The van der Waals surface area contributed by atoms with E-state index >= 15 is 0 Å². The quantitative estimate of drug-likeness (QED) is 0.649. The average molecular weight is 327 g/mol. The second-order valence-corrected chi connectivity index (χ2v) is 4.88. The number of nitrogens with zero attached hydrogens (tertiary/aromatic N) is 2. The lowest BCUT2D eigenvalue weighted by molar-refractivity contribution is 0.0953. The first-order valence-corrected chi connectivity index (χ1v) is 7.13. The van der Waals surface area contributed by atoms with Gasteiger partial charge < -0.3 is 13.9 Å². The zero-order valence-corrected chi connectivity index (χ0v) is 13.6. The van der Waals surface area contributed by atoms with Crippen LogP contribution in [-0.4, -0.2) is 25.8 Å². The molecule has 1 heterocycles. The number of ether oxygens (including phenoxy) is 2. The highest BCUT2D eigenvalue weighted by Gasteiger charge is 2.12. The minimum atomic E-state index is -0.346. The third-order valence-electron chi connectivity index (χ3n) is 3.15. The number of carbonyl (C=O) groups excluding carboxylic acids is 1. The first kappa shape index (κ1) is 17.1. The predicted octanol–water partition coefficient (Wildman–Crippen LogP) is 2.57. The van der Waals surface area contributed by atoms with Crippen LogP contribution in [0.2, 0.25) is 0 Å². The molecule has 0 bridgehead atoms. The highest BCUT2D eigenvalue weighted by Crippen LogP contribution is 2.27. The Morgan fingerprint density at radius 2 is 2.17 bits per heavy atom. The number of carbonyl (C=O) groups is 1. The summed E-state index contributed by atoms with van der Waals surface area (Å²) in [5.74, 6) is 1.80. The van der Waals surface area contributed by atoms with E-state index in [1.165, 1.54) is 13.3 Å². The number of hydrogen-bond acceptors (Lipinski definition) is 6. The maximum Gasteiger partial charge on any atom is 0.274 e. The summed E-state index contributed by atoms with van der Waals surface area (Å²) in [6, 6.07) is 8.64. The molecule has 1 amide bonds. The normalized spacial score (nSPS) is 10.4. The highest BCUT2D eigenvalue weighted by atomic mass is 16.5. The first-order chi connectivity index (χ1) is 11.5. The molecule has 7 nitrogen and oxygen atoms in total. The lowest BCUT2D eigenvalue weighted by atomic mass is 10.2. The van der Waals surface area contributed by atoms with Crippen LogP contribution < -0.4 is 14.9 Å². The molecule has 0 saturated heterocycles. The molecule has 1 N–H and O–H groups in total. The summed E-state index contributed by atoms with van der Waals surface area (Å²) in [7, 11) is 1.50. The molecule has 0 aliphatic rings. The van der Waals surface area contributed by atoms with E-state index in [0.717, 1.165) is 0 Å². The van der Waals surface area contributed by atoms with E-state index in [0.29, 0.717) is 34.1 Å². The van der Waals surface area contributed by atoms with Crippen LogP contribution in [0.5, 0.6) is 11.5 Å². The topological polar surface area (TPSA) is 96.8 Å². The number of nitrogens with one attached hydrogen (secondary N) is 1. The molecule has 2 aromatic rings. The number of benzene rings is 1. The summed E-state index contributed by atoms with van der Waals surface area (Å²) in [6.45, 7) is 3.43.